The minimum atomic E-state index is -0.158. The number of fused-ring (bicyclic) bond motifs is 10. The topological polar surface area (TPSA) is 25.8 Å². The molecule has 0 fully saturated rings. The lowest BCUT2D eigenvalue weighted by Gasteiger charge is -2.24. The summed E-state index contributed by atoms with van der Waals surface area (Å²) in [6.45, 7) is 9.54. The van der Waals surface area contributed by atoms with Crippen molar-refractivity contribution in [1.29, 1.82) is 0 Å². The van der Waals surface area contributed by atoms with Crippen molar-refractivity contribution in [2.24, 2.45) is 0 Å². The molecule has 0 atom stereocenters. The molecular weight excluding hydrogens is 653 g/mol. The number of hydrogen-bond donors (Lipinski definition) is 0. The minimum Gasteiger partial charge on any atom is -0.256 e. The molecular formula is C52H38N2. The van der Waals surface area contributed by atoms with Crippen LogP contribution in [-0.4, -0.2) is 9.97 Å². The maximum absolute atomic E-state index is 5.44. The highest BCUT2D eigenvalue weighted by molar-refractivity contribution is 6.13. The van der Waals surface area contributed by atoms with E-state index in [0.717, 1.165) is 39.0 Å². The van der Waals surface area contributed by atoms with Crippen molar-refractivity contribution < 1.29 is 0 Å². The van der Waals surface area contributed by atoms with E-state index in [2.05, 4.69) is 173 Å². The van der Waals surface area contributed by atoms with Gasteiger partial charge in [-0.25, -0.2) is 4.98 Å². The Hall–Kier alpha value is -6.38. The van der Waals surface area contributed by atoms with Crippen LogP contribution < -0.4 is 0 Å². The van der Waals surface area contributed by atoms with Crippen LogP contribution in [0.3, 0.4) is 0 Å². The van der Waals surface area contributed by atoms with Gasteiger partial charge in [-0.2, -0.15) is 0 Å². The van der Waals surface area contributed by atoms with Crippen molar-refractivity contribution in [1.82, 2.24) is 9.97 Å². The Labute approximate surface area is 315 Å². The number of rotatable bonds is 3. The van der Waals surface area contributed by atoms with Crippen molar-refractivity contribution >= 4 is 32.4 Å². The molecule has 0 amide bonds. The van der Waals surface area contributed by atoms with E-state index in [1.54, 1.807) is 0 Å². The molecule has 0 N–H and O–H groups in total. The molecule has 0 spiro atoms. The largest absolute Gasteiger partial charge is 0.256 e. The SMILES string of the molecule is CC1(C)c2ccccc2-c2cc3c(cc21)-c1ccc(-c2cc(-c4ccc5cccnc5c4)nc(-c4cc5ccccc5c5ccccc45)c2)cc1C3(C)C. The van der Waals surface area contributed by atoms with E-state index in [9.17, 15) is 0 Å². The summed E-state index contributed by atoms with van der Waals surface area (Å²) in [7, 11) is 0. The molecule has 0 bridgehead atoms. The van der Waals surface area contributed by atoms with Crippen molar-refractivity contribution in [3.63, 3.8) is 0 Å². The molecule has 0 saturated heterocycles. The highest BCUT2D eigenvalue weighted by Gasteiger charge is 2.41. The number of nitrogens with zero attached hydrogens (tertiary/aromatic N) is 2. The number of hydrogen-bond acceptors (Lipinski definition) is 2. The highest BCUT2D eigenvalue weighted by Crippen LogP contribution is 2.56. The number of pyridine rings is 2. The van der Waals surface area contributed by atoms with Crippen LogP contribution in [0.15, 0.2) is 158 Å². The summed E-state index contributed by atoms with van der Waals surface area (Å²) in [5.41, 5.74) is 18.3. The maximum atomic E-state index is 5.44. The predicted molar refractivity (Wildman–Crippen MR) is 226 cm³/mol. The van der Waals surface area contributed by atoms with Crippen LogP contribution in [0.5, 0.6) is 0 Å². The van der Waals surface area contributed by atoms with E-state index in [0.29, 0.717) is 0 Å². The normalized spacial score (nSPS) is 14.6. The molecule has 2 heteroatoms. The molecule has 2 aliphatic rings. The second-order valence-corrected chi connectivity index (χ2v) is 16.2. The molecule has 7 aromatic carbocycles. The summed E-state index contributed by atoms with van der Waals surface area (Å²) >= 11 is 0. The molecule has 0 radical (unpaired) electrons. The molecule has 256 valence electrons. The van der Waals surface area contributed by atoms with Crippen LogP contribution in [-0.2, 0) is 10.8 Å². The van der Waals surface area contributed by atoms with Gasteiger partial charge in [0.2, 0.25) is 0 Å². The second-order valence-electron chi connectivity index (χ2n) is 16.2. The molecule has 0 unspecified atom stereocenters. The molecule has 2 aliphatic carbocycles. The number of benzene rings is 7. The van der Waals surface area contributed by atoms with Crippen molar-refractivity contribution in [3.8, 4) is 55.9 Å². The van der Waals surface area contributed by atoms with E-state index < -0.39 is 0 Å². The third-order valence-electron chi connectivity index (χ3n) is 12.5. The predicted octanol–water partition coefficient (Wildman–Crippen LogP) is 13.5. The molecule has 0 saturated carbocycles. The highest BCUT2D eigenvalue weighted by atomic mass is 14.7. The van der Waals surface area contributed by atoms with Crippen LogP contribution in [0, 0.1) is 0 Å². The zero-order valence-electron chi connectivity index (χ0n) is 30.9. The van der Waals surface area contributed by atoms with Crippen LogP contribution in [0.2, 0.25) is 0 Å². The monoisotopic (exact) mass is 690 g/mol. The van der Waals surface area contributed by atoms with Crippen molar-refractivity contribution in [2.45, 2.75) is 38.5 Å². The molecule has 9 aromatic rings. The van der Waals surface area contributed by atoms with E-state index in [4.69, 9.17) is 9.97 Å². The minimum absolute atomic E-state index is 0.0388. The third-order valence-corrected chi connectivity index (χ3v) is 12.5. The zero-order chi connectivity index (χ0) is 36.3. The van der Waals surface area contributed by atoms with Gasteiger partial charge in [-0.1, -0.05) is 131 Å². The Morgan fingerprint density at radius 1 is 0.370 bits per heavy atom. The molecule has 2 nitrogen and oxygen atoms in total. The third kappa shape index (κ3) is 4.40. The van der Waals surface area contributed by atoms with E-state index in [1.807, 2.05) is 12.3 Å². The second kappa shape index (κ2) is 11.1. The molecule has 11 rings (SSSR count). The Morgan fingerprint density at radius 2 is 1.00 bits per heavy atom. The van der Waals surface area contributed by atoms with Crippen LogP contribution in [0.1, 0.15) is 49.9 Å². The summed E-state index contributed by atoms with van der Waals surface area (Å²) in [4.78, 5) is 10.1. The summed E-state index contributed by atoms with van der Waals surface area (Å²) in [6.07, 6.45) is 1.86. The zero-order valence-corrected chi connectivity index (χ0v) is 30.9. The molecule has 0 aliphatic heterocycles. The quantitative estimate of drug-likeness (QED) is 0.172. The maximum Gasteiger partial charge on any atom is 0.0722 e. The number of aromatic nitrogens is 2. The van der Waals surface area contributed by atoms with Crippen LogP contribution in [0.25, 0.3) is 88.3 Å². The Morgan fingerprint density at radius 3 is 1.83 bits per heavy atom. The lowest BCUT2D eigenvalue weighted by molar-refractivity contribution is 0.652. The first-order valence-electron chi connectivity index (χ1n) is 19.0. The van der Waals surface area contributed by atoms with E-state index >= 15 is 0 Å². The first kappa shape index (κ1) is 31.2. The van der Waals surface area contributed by atoms with Crippen LogP contribution in [0.4, 0.5) is 0 Å². The lowest BCUT2D eigenvalue weighted by atomic mass is 9.79. The van der Waals surface area contributed by atoms with Gasteiger partial charge in [0, 0.05) is 33.5 Å². The summed E-state index contributed by atoms with van der Waals surface area (Å²) < 4.78 is 0. The van der Waals surface area contributed by atoms with Gasteiger partial charge < -0.3 is 0 Å². The molecule has 2 aromatic heterocycles. The van der Waals surface area contributed by atoms with Gasteiger partial charge in [-0.15, -0.1) is 0 Å². The van der Waals surface area contributed by atoms with Gasteiger partial charge in [0.05, 0.1) is 16.9 Å². The fourth-order valence-corrected chi connectivity index (χ4v) is 9.58. The lowest BCUT2D eigenvalue weighted by Crippen LogP contribution is -2.17. The van der Waals surface area contributed by atoms with Crippen molar-refractivity contribution in [2.75, 3.05) is 0 Å². The molecule has 2 heterocycles. The van der Waals surface area contributed by atoms with Gasteiger partial charge in [0.25, 0.3) is 0 Å². The summed E-state index contributed by atoms with van der Waals surface area (Å²) in [5, 5.41) is 6.03. The van der Waals surface area contributed by atoms with Gasteiger partial charge in [0.15, 0.2) is 0 Å². The molecule has 54 heavy (non-hydrogen) atoms. The van der Waals surface area contributed by atoms with Gasteiger partial charge in [-0.05, 0) is 126 Å². The van der Waals surface area contributed by atoms with Gasteiger partial charge in [-0.3, -0.25) is 4.98 Å². The van der Waals surface area contributed by atoms with E-state index in [1.165, 1.54) is 71.6 Å². The Kier molecular flexibility index (Phi) is 6.39. The average Bonchev–Trinajstić information content (AvgIpc) is 3.58. The Balaban J connectivity index is 1.11. The summed E-state index contributed by atoms with van der Waals surface area (Å²) in [6, 6.07) is 56.0. The Bertz CT molecular complexity index is 3050. The smallest absolute Gasteiger partial charge is 0.0722 e. The summed E-state index contributed by atoms with van der Waals surface area (Å²) in [5.74, 6) is 0. The fourth-order valence-electron chi connectivity index (χ4n) is 9.58. The standard InChI is InChI=1S/C52H38N2/c1-51(2)44-18-10-9-17-39(44)41-29-47-42(30-46(41)51)40-22-21-32(25-45(40)52(47,3)4)35-27-49(34-20-19-31-13-11-23-53-48(31)26-34)54-50(28-35)43-24-33-12-5-6-14-36(33)37-15-7-8-16-38(37)43/h5-30H,1-4H3. The fraction of sp³-hybridized carbons (Fsp3) is 0.115. The van der Waals surface area contributed by atoms with Gasteiger partial charge in [0.1, 0.15) is 0 Å². The first-order chi connectivity index (χ1) is 26.3. The first-order valence-corrected chi connectivity index (χ1v) is 19.0. The van der Waals surface area contributed by atoms with Crippen LogP contribution >= 0.6 is 0 Å². The van der Waals surface area contributed by atoms with Crippen molar-refractivity contribution in [3.05, 3.63) is 180 Å². The van der Waals surface area contributed by atoms with E-state index in [-0.39, 0.29) is 10.8 Å². The van der Waals surface area contributed by atoms with Gasteiger partial charge >= 0.3 is 0 Å². The average molecular weight is 691 g/mol.